The molecule has 2 rings (SSSR count). The number of benzene rings is 2. The third kappa shape index (κ3) is 4.84. The second kappa shape index (κ2) is 7.43. The van der Waals surface area contributed by atoms with Crippen LogP contribution in [0.3, 0.4) is 0 Å². The van der Waals surface area contributed by atoms with Crippen LogP contribution < -0.4 is 5.84 Å². The van der Waals surface area contributed by atoms with Crippen molar-refractivity contribution in [3.8, 4) is 0 Å². The number of hydrazine groups is 1. The lowest BCUT2D eigenvalue weighted by atomic mass is 10.2. The summed E-state index contributed by atoms with van der Waals surface area (Å²) in [6, 6.07) is 19.3. The van der Waals surface area contributed by atoms with Crippen LogP contribution >= 0.6 is 0 Å². The van der Waals surface area contributed by atoms with Crippen molar-refractivity contribution >= 4 is 5.97 Å². The van der Waals surface area contributed by atoms with Crippen molar-refractivity contribution < 1.29 is 9.53 Å². The first-order chi connectivity index (χ1) is 9.74. The highest BCUT2D eigenvalue weighted by Gasteiger charge is 2.09. The van der Waals surface area contributed by atoms with E-state index in [-0.39, 0.29) is 19.1 Å². The summed E-state index contributed by atoms with van der Waals surface area (Å²) in [5.74, 6) is 5.48. The Labute approximate surface area is 118 Å². The minimum Gasteiger partial charge on any atom is -0.460 e. The summed E-state index contributed by atoms with van der Waals surface area (Å²) >= 11 is 0. The SMILES string of the molecule is NN(CC(=O)OCc1ccccc1)Cc1ccccc1. The Morgan fingerprint density at radius 1 is 0.950 bits per heavy atom. The zero-order chi connectivity index (χ0) is 14.2. The summed E-state index contributed by atoms with van der Waals surface area (Å²) in [7, 11) is 0. The molecule has 0 aliphatic heterocycles. The number of ether oxygens (including phenoxy) is 1. The highest BCUT2D eigenvalue weighted by atomic mass is 16.5. The van der Waals surface area contributed by atoms with E-state index in [1.807, 2.05) is 60.7 Å². The molecular formula is C16H18N2O2. The maximum Gasteiger partial charge on any atom is 0.321 e. The first-order valence-electron chi connectivity index (χ1n) is 6.47. The van der Waals surface area contributed by atoms with E-state index >= 15 is 0 Å². The predicted octanol–water partition coefficient (Wildman–Crippen LogP) is 2.11. The lowest BCUT2D eigenvalue weighted by Crippen LogP contribution is -2.36. The average molecular weight is 270 g/mol. The smallest absolute Gasteiger partial charge is 0.321 e. The highest BCUT2D eigenvalue weighted by molar-refractivity contribution is 5.71. The number of hydrogen-bond donors (Lipinski definition) is 1. The fourth-order valence-corrected chi connectivity index (χ4v) is 1.82. The van der Waals surface area contributed by atoms with Gasteiger partial charge in [-0.15, -0.1) is 0 Å². The largest absolute Gasteiger partial charge is 0.460 e. The molecule has 0 amide bonds. The van der Waals surface area contributed by atoms with E-state index in [1.54, 1.807) is 0 Å². The molecule has 4 heteroatoms. The number of nitrogens with zero attached hydrogens (tertiary/aromatic N) is 1. The van der Waals surface area contributed by atoms with Crippen molar-refractivity contribution in [2.24, 2.45) is 5.84 Å². The minimum absolute atomic E-state index is 0.0712. The number of hydrogen-bond acceptors (Lipinski definition) is 4. The monoisotopic (exact) mass is 270 g/mol. The van der Waals surface area contributed by atoms with Crippen LogP contribution in [-0.4, -0.2) is 17.5 Å². The molecule has 104 valence electrons. The molecule has 0 fully saturated rings. The predicted molar refractivity (Wildman–Crippen MR) is 77.3 cm³/mol. The van der Waals surface area contributed by atoms with E-state index in [9.17, 15) is 4.79 Å². The van der Waals surface area contributed by atoms with Gasteiger partial charge in [-0.2, -0.15) is 0 Å². The van der Waals surface area contributed by atoms with Crippen LogP contribution in [0, 0.1) is 0 Å². The first-order valence-corrected chi connectivity index (χ1v) is 6.47. The molecule has 0 bridgehead atoms. The van der Waals surface area contributed by atoms with Crippen molar-refractivity contribution in [3.05, 3.63) is 71.8 Å². The maximum atomic E-state index is 11.7. The molecular weight excluding hydrogens is 252 g/mol. The number of rotatable bonds is 6. The molecule has 0 radical (unpaired) electrons. The van der Waals surface area contributed by atoms with E-state index in [0.29, 0.717) is 6.54 Å². The quantitative estimate of drug-likeness (QED) is 0.496. The Morgan fingerprint density at radius 2 is 1.50 bits per heavy atom. The Kier molecular flexibility index (Phi) is 5.29. The third-order valence-corrected chi connectivity index (χ3v) is 2.80. The normalized spacial score (nSPS) is 10.5. The molecule has 20 heavy (non-hydrogen) atoms. The molecule has 2 aromatic carbocycles. The van der Waals surface area contributed by atoms with Crippen LogP contribution in [0.2, 0.25) is 0 Å². The van der Waals surface area contributed by atoms with Gasteiger partial charge < -0.3 is 4.74 Å². The molecule has 0 unspecified atom stereocenters. The summed E-state index contributed by atoms with van der Waals surface area (Å²) in [5, 5.41) is 1.45. The molecule has 2 N–H and O–H groups in total. The number of esters is 1. The molecule has 0 saturated heterocycles. The third-order valence-electron chi connectivity index (χ3n) is 2.80. The number of nitrogens with two attached hydrogens (primary N) is 1. The van der Waals surface area contributed by atoms with Gasteiger partial charge in [-0.3, -0.25) is 10.6 Å². The standard InChI is InChI=1S/C16H18N2O2/c17-18(11-14-7-3-1-4-8-14)12-16(19)20-13-15-9-5-2-6-10-15/h1-10H,11-13,17H2. The van der Waals surface area contributed by atoms with Gasteiger partial charge in [-0.1, -0.05) is 60.7 Å². The van der Waals surface area contributed by atoms with Crippen LogP contribution in [0.15, 0.2) is 60.7 Å². The van der Waals surface area contributed by atoms with Gasteiger partial charge in [0.25, 0.3) is 0 Å². The van der Waals surface area contributed by atoms with E-state index in [1.165, 1.54) is 5.01 Å². The molecule has 2 aromatic rings. The van der Waals surface area contributed by atoms with E-state index < -0.39 is 0 Å². The van der Waals surface area contributed by atoms with Crippen LogP contribution in [0.4, 0.5) is 0 Å². The second-order valence-corrected chi connectivity index (χ2v) is 4.54. The molecule has 0 aromatic heterocycles. The van der Waals surface area contributed by atoms with E-state index in [4.69, 9.17) is 10.6 Å². The molecule has 4 nitrogen and oxygen atoms in total. The second-order valence-electron chi connectivity index (χ2n) is 4.54. The Bertz CT molecular complexity index is 529. The summed E-state index contributed by atoms with van der Waals surface area (Å²) in [4.78, 5) is 11.7. The highest BCUT2D eigenvalue weighted by Crippen LogP contribution is 2.03. The van der Waals surface area contributed by atoms with Crippen LogP contribution in [-0.2, 0) is 22.7 Å². The number of carbonyl (C=O) groups excluding carboxylic acids is 1. The van der Waals surface area contributed by atoms with Gasteiger partial charge in [0.05, 0.1) is 0 Å². The fraction of sp³-hybridized carbons (Fsp3) is 0.188. The average Bonchev–Trinajstić information content (AvgIpc) is 2.47. The van der Waals surface area contributed by atoms with Crippen molar-refractivity contribution in [1.29, 1.82) is 0 Å². The number of carbonyl (C=O) groups is 1. The van der Waals surface area contributed by atoms with Gasteiger partial charge in [0.2, 0.25) is 0 Å². The van der Waals surface area contributed by atoms with Crippen molar-refractivity contribution in [2.75, 3.05) is 6.54 Å². The zero-order valence-corrected chi connectivity index (χ0v) is 11.2. The Morgan fingerprint density at radius 3 is 2.10 bits per heavy atom. The summed E-state index contributed by atoms with van der Waals surface area (Å²) in [6.07, 6.45) is 0. The van der Waals surface area contributed by atoms with E-state index in [0.717, 1.165) is 11.1 Å². The van der Waals surface area contributed by atoms with E-state index in [2.05, 4.69) is 0 Å². The maximum absolute atomic E-state index is 11.7. The minimum atomic E-state index is -0.327. The van der Waals surface area contributed by atoms with Crippen LogP contribution in [0.5, 0.6) is 0 Å². The lowest BCUT2D eigenvalue weighted by molar-refractivity contribution is -0.146. The fourth-order valence-electron chi connectivity index (χ4n) is 1.82. The van der Waals surface area contributed by atoms with Gasteiger partial charge in [-0.25, -0.2) is 5.01 Å². The zero-order valence-electron chi connectivity index (χ0n) is 11.2. The van der Waals surface area contributed by atoms with Crippen molar-refractivity contribution in [3.63, 3.8) is 0 Å². The van der Waals surface area contributed by atoms with Gasteiger partial charge in [0, 0.05) is 6.54 Å². The van der Waals surface area contributed by atoms with Crippen LogP contribution in [0.25, 0.3) is 0 Å². The van der Waals surface area contributed by atoms with Crippen molar-refractivity contribution in [2.45, 2.75) is 13.2 Å². The summed E-state index contributed by atoms with van der Waals surface area (Å²) in [6.45, 7) is 0.863. The van der Waals surface area contributed by atoms with Gasteiger partial charge in [-0.05, 0) is 11.1 Å². The lowest BCUT2D eigenvalue weighted by Gasteiger charge is -2.15. The Balaban J connectivity index is 1.74. The van der Waals surface area contributed by atoms with Crippen LogP contribution in [0.1, 0.15) is 11.1 Å². The molecule has 0 spiro atoms. The Hall–Kier alpha value is -2.17. The van der Waals surface area contributed by atoms with Crippen molar-refractivity contribution in [1.82, 2.24) is 5.01 Å². The molecule has 0 saturated carbocycles. The molecule has 0 aliphatic rings. The molecule has 0 atom stereocenters. The first kappa shape index (κ1) is 14.2. The van der Waals surface area contributed by atoms with Gasteiger partial charge in [0.1, 0.15) is 13.2 Å². The summed E-state index contributed by atoms with van der Waals surface area (Å²) < 4.78 is 5.18. The molecule has 0 aliphatic carbocycles. The molecule has 0 heterocycles. The van der Waals surface area contributed by atoms with Gasteiger partial charge >= 0.3 is 5.97 Å². The topological polar surface area (TPSA) is 55.6 Å². The summed E-state index contributed by atoms with van der Waals surface area (Å²) in [5.41, 5.74) is 2.03. The van der Waals surface area contributed by atoms with Gasteiger partial charge in [0.15, 0.2) is 0 Å².